The van der Waals surface area contributed by atoms with Crippen molar-refractivity contribution in [2.24, 2.45) is 11.7 Å². The maximum Gasteiger partial charge on any atom is 0.112 e. The van der Waals surface area contributed by atoms with Gasteiger partial charge in [0.2, 0.25) is 0 Å². The van der Waals surface area contributed by atoms with E-state index < -0.39 is 0 Å². The van der Waals surface area contributed by atoms with Crippen LogP contribution < -0.4 is 5.73 Å². The van der Waals surface area contributed by atoms with Crippen LogP contribution in [0, 0.1) is 5.92 Å². The zero-order chi connectivity index (χ0) is 10.8. The molecule has 2 N–H and O–H groups in total. The molecule has 1 aliphatic carbocycles. The molecule has 3 unspecified atom stereocenters. The topological polar surface area (TPSA) is 43.8 Å². The van der Waals surface area contributed by atoms with Crippen molar-refractivity contribution < 1.29 is 0 Å². The average molecular weight is 207 g/mol. The average Bonchev–Trinajstić information content (AvgIpc) is 2.77. The van der Waals surface area contributed by atoms with Gasteiger partial charge >= 0.3 is 0 Å². The van der Waals surface area contributed by atoms with Crippen molar-refractivity contribution in [1.29, 1.82) is 0 Å². The van der Waals surface area contributed by atoms with E-state index in [-0.39, 0.29) is 0 Å². The van der Waals surface area contributed by atoms with Gasteiger partial charge in [0.1, 0.15) is 5.82 Å². The second kappa shape index (κ2) is 4.35. The van der Waals surface area contributed by atoms with E-state index in [2.05, 4.69) is 29.6 Å². The summed E-state index contributed by atoms with van der Waals surface area (Å²) in [6.45, 7) is 5.54. The van der Waals surface area contributed by atoms with E-state index in [0.29, 0.717) is 17.9 Å². The van der Waals surface area contributed by atoms with Crippen LogP contribution in [0.25, 0.3) is 0 Å². The van der Waals surface area contributed by atoms with Crippen LogP contribution in [0.2, 0.25) is 0 Å². The van der Waals surface area contributed by atoms with Crippen molar-refractivity contribution in [3.63, 3.8) is 0 Å². The van der Waals surface area contributed by atoms with Crippen LogP contribution in [-0.4, -0.2) is 15.6 Å². The third kappa shape index (κ3) is 1.93. The van der Waals surface area contributed by atoms with Gasteiger partial charge in [-0.3, -0.25) is 0 Å². The molecule has 1 aromatic rings. The van der Waals surface area contributed by atoms with Gasteiger partial charge in [-0.2, -0.15) is 0 Å². The van der Waals surface area contributed by atoms with Gasteiger partial charge in [0.15, 0.2) is 0 Å². The molecule has 0 saturated heterocycles. The number of imidazole rings is 1. The first-order valence-electron chi connectivity index (χ1n) is 6.00. The monoisotopic (exact) mass is 207 g/mol. The van der Waals surface area contributed by atoms with E-state index in [1.165, 1.54) is 12.2 Å². The summed E-state index contributed by atoms with van der Waals surface area (Å²) >= 11 is 0. The Kier molecular flexibility index (Phi) is 3.10. The van der Waals surface area contributed by atoms with Crippen LogP contribution in [0.3, 0.4) is 0 Å². The Hall–Kier alpha value is -0.830. The Bertz CT molecular complexity index is 318. The van der Waals surface area contributed by atoms with E-state index >= 15 is 0 Å². The minimum Gasteiger partial charge on any atom is -0.335 e. The maximum atomic E-state index is 6.06. The van der Waals surface area contributed by atoms with Crippen LogP contribution in [-0.2, 0) is 6.54 Å². The van der Waals surface area contributed by atoms with Crippen molar-refractivity contribution in [2.75, 3.05) is 0 Å². The van der Waals surface area contributed by atoms with Gasteiger partial charge in [0, 0.05) is 30.9 Å². The first-order chi connectivity index (χ1) is 7.24. The summed E-state index contributed by atoms with van der Waals surface area (Å²) in [5, 5.41) is 0. The van der Waals surface area contributed by atoms with Crippen LogP contribution in [0.4, 0.5) is 0 Å². The maximum absolute atomic E-state index is 6.06. The Morgan fingerprint density at radius 3 is 2.93 bits per heavy atom. The van der Waals surface area contributed by atoms with Crippen molar-refractivity contribution >= 4 is 0 Å². The third-order valence-corrected chi connectivity index (χ3v) is 3.66. The van der Waals surface area contributed by atoms with Gasteiger partial charge in [-0.25, -0.2) is 4.98 Å². The Morgan fingerprint density at radius 2 is 2.33 bits per heavy atom. The summed E-state index contributed by atoms with van der Waals surface area (Å²) in [5.41, 5.74) is 6.06. The molecule has 1 saturated carbocycles. The Labute approximate surface area is 91.7 Å². The molecule has 15 heavy (non-hydrogen) atoms. The lowest BCUT2D eigenvalue weighted by Gasteiger charge is -2.18. The number of hydrogen-bond acceptors (Lipinski definition) is 2. The molecular weight excluding hydrogens is 186 g/mol. The predicted octanol–water partition coefficient (Wildman–Crippen LogP) is 2.13. The van der Waals surface area contributed by atoms with Gasteiger partial charge in [0.25, 0.3) is 0 Å². The molecule has 3 nitrogen and oxygen atoms in total. The molecule has 84 valence electrons. The number of hydrogen-bond donors (Lipinski definition) is 1. The largest absolute Gasteiger partial charge is 0.335 e. The van der Waals surface area contributed by atoms with Crippen molar-refractivity contribution in [3.05, 3.63) is 18.2 Å². The lowest BCUT2D eigenvalue weighted by atomic mass is 9.95. The number of rotatable bonds is 3. The van der Waals surface area contributed by atoms with E-state index in [9.17, 15) is 0 Å². The van der Waals surface area contributed by atoms with Crippen molar-refractivity contribution in [3.8, 4) is 0 Å². The van der Waals surface area contributed by atoms with Gasteiger partial charge in [0.05, 0.1) is 0 Å². The smallest absolute Gasteiger partial charge is 0.112 e. The van der Waals surface area contributed by atoms with E-state index in [0.717, 1.165) is 19.4 Å². The van der Waals surface area contributed by atoms with Crippen LogP contribution in [0.1, 0.15) is 44.9 Å². The van der Waals surface area contributed by atoms with Crippen LogP contribution in [0.5, 0.6) is 0 Å². The zero-order valence-electron chi connectivity index (χ0n) is 9.69. The fraction of sp³-hybridized carbons (Fsp3) is 0.750. The Balaban J connectivity index is 2.18. The summed E-state index contributed by atoms with van der Waals surface area (Å²) in [7, 11) is 0. The minimum atomic E-state index is 0.363. The molecule has 0 bridgehead atoms. The standard InChI is InChI=1S/C12H21N3/c1-3-7-15-8-6-14-12(15)10-4-5-11(13)9(10)2/h6,8-11H,3-5,7,13H2,1-2H3. The zero-order valence-corrected chi connectivity index (χ0v) is 9.69. The van der Waals surface area contributed by atoms with E-state index in [1.54, 1.807) is 0 Å². The fourth-order valence-corrected chi connectivity index (χ4v) is 2.64. The molecule has 0 aromatic carbocycles. The highest BCUT2D eigenvalue weighted by Gasteiger charge is 2.33. The summed E-state index contributed by atoms with van der Waals surface area (Å²) in [4.78, 5) is 4.51. The van der Waals surface area contributed by atoms with Crippen molar-refractivity contribution in [2.45, 2.75) is 51.6 Å². The van der Waals surface area contributed by atoms with Gasteiger partial charge in [-0.05, 0) is 25.2 Å². The summed E-state index contributed by atoms with van der Waals surface area (Å²) in [5.74, 6) is 2.39. The Morgan fingerprint density at radius 1 is 1.53 bits per heavy atom. The number of aryl methyl sites for hydroxylation is 1. The number of nitrogens with zero attached hydrogens (tertiary/aromatic N) is 2. The van der Waals surface area contributed by atoms with Crippen molar-refractivity contribution in [1.82, 2.24) is 9.55 Å². The molecule has 0 radical (unpaired) electrons. The molecule has 3 heteroatoms. The fourth-order valence-electron chi connectivity index (χ4n) is 2.64. The summed E-state index contributed by atoms with van der Waals surface area (Å²) in [6, 6.07) is 0.363. The normalized spacial score (nSPS) is 31.0. The second-order valence-corrected chi connectivity index (χ2v) is 4.69. The molecule has 3 atom stereocenters. The first kappa shape index (κ1) is 10.7. The number of nitrogens with two attached hydrogens (primary N) is 1. The van der Waals surface area contributed by atoms with Crippen LogP contribution >= 0.6 is 0 Å². The van der Waals surface area contributed by atoms with Gasteiger partial charge < -0.3 is 10.3 Å². The molecule has 0 spiro atoms. The summed E-state index contributed by atoms with van der Waals surface area (Å²) in [6.07, 6.45) is 7.52. The lowest BCUT2D eigenvalue weighted by Crippen LogP contribution is -2.25. The molecular formula is C12H21N3. The molecule has 1 fully saturated rings. The van der Waals surface area contributed by atoms with Gasteiger partial charge in [-0.15, -0.1) is 0 Å². The molecule has 0 amide bonds. The van der Waals surface area contributed by atoms with Crippen LogP contribution in [0.15, 0.2) is 12.4 Å². The highest BCUT2D eigenvalue weighted by atomic mass is 15.1. The highest BCUT2D eigenvalue weighted by molar-refractivity contribution is 5.07. The molecule has 2 rings (SSSR count). The molecule has 0 aliphatic heterocycles. The summed E-state index contributed by atoms with van der Waals surface area (Å²) < 4.78 is 2.29. The molecule has 1 aliphatic rings. The third-order valence-electron chi connectivity index (χ3n) is 3.66. The lowest BCUT2D eigenvalue weighted by molar-refractivity contribution is 0.447. The number of aromatic nitrogens is 2. The van der Waals surface area contributed by atoms with E-state index in [4.69, 9.17) is 5.73 Å². The first-order valence-corrected chi connectivity index (χ1v) is 6.00. The van der Waals surface area contributed by atoms with Gasteiger partial charge in [-0.1, -0.05) is 13.8 Å². The minimum absolute atomic E-state index is 0.363. The predicted molar refractivity (Wildman–Crippen MR) is 61.6 cm³/mol. The second-order valence-electron chi connectivity index (χ2n) is 4.69. The molecule has 1 aromatic heterocycles. The highest BCUT2D eigenvalue weighted by Crippen LogP contribution is 2.37. The van der Waals surface area contributed by atoms with E-state index in [1.807, 2.05) is 6.20 Å². The SMILES string of the molecule is CCCn1ccnc1C1CCC(N)C1C. The quantitative estimate of drug-likeness (QED) is 0.825. The molecule has 1 heterocycles.